The summed E-state index contributed by atoms with van der Waals surface area (Å²) in [5.41, 5.74) is 3.84. The minimum absolute atomic E-state index is 0.172. The summed E-state index contributed by atoms with van der Waals surface area (Å²) < 4.78 is 9.28. The van der Waals surface area contributed by atoms with Crippen molar-refractivity contribution in [2.75, 3.05) is 0 Å². The van der Waals surface area contributed by atoms with Gasteiger partial charge in [-0.3, -0.25) is 9.78 Å². The third-order valence-corrected chi connectivity index (χ3v) is 13.0. The van der Waals surface area contributed by atoms with Crippen LogP contribution in [0.25, 0.3) is 21.8 Å². The summed E-state index contributed by atoms with van der Waals surface area (Å²) in [4.78, 5) is 14.0. The van der Waals surface area contributed by atoms with Crippen molar-refractivity contribution in [1.82, 2.24) is 8.24 Å². The Morgan fingerprint density at radius 3 is 2.21 bits per heavy atom. The van der Waals surface area contributed by atoms with E-state index in [-0.39, 0.29) is 6.42 Å². The average molecular weight is 640 g/mol. The molecule has 1 fully saturated rings. The van der Waals surface area contributed by atoms with Gasteiger partial charge in [0.25, 0.3) is 0 Å². The van der Waals surface area contributed by atoms with E-state index in [9.17, 15) is 4.79 Å². The molecule has 0 radical (unpaired) electrons. The molecule has 1 saturated carbocycles. The monoisotopic (exact) mass is 639 g/mol. The van der Waals surface area contributed by atoms with Gasteiger partial charge in [0.15, 0.2) is 0 Å². The fourth-order valence-electron chi connectivity index (χ4n) is 4.53. The van der Waals surface area contributed by atoms with Crippen molar-refractivity contribution >= 4 is 27.8 Å². The predicted octanol–water partition coefficient (Wildman–Crippen LogP) is 3.66. The van der Waals surface area contributed by atoms with E-state index in [1.54, 1.807) is 18.5 Å². The van der Waals surface area contributed by atoms with E-state index >= 15 is 0 Å². The number of carbonyl (C=O) groups is 1. The van der Waals surface area contributed by atoms with Crippen LogP contribution in [0, 0.1) is 22.6 Å². The van der Waals surface area contributed by atoms with Gasteiger partial charge in [-0.2, -0.15) is 0 Å². The fraction of sp³-hybridized carbons (Fsp3) is 0.308. The summed E-state index contributed by atoms with van der Waals surface area (Å²) in [7, 11) is 0. The molecule has 0 bridgehead atoms. The van der Waals surface area contributed by atoms with Gasteiger partial charge in [-0.15, -0.1) is 0 Å². The molecule has 6 rings (SSSR count). The van der Waals surface area contributed by atoms with Crippen molar-refractivity contribution in [2.45, 2.75) is 51.0 Å². The van der Waals surface area contributed by atoms with Crippen molar-refractivity contribution < 1.29 is 37.5 Å². The molecule has 7 heteroatoms. The Bertz CT molecular complexity index is 1210. The van der Waals surface area contributed by atoms with Crippen molar-refractivity contribution in [3.05, 3.63) is 78.9 Å². The molecule has 170 valence electrons. The van der Waals surface area contributed by atoms with Crippen LogP contribution in [-0.2, 0) is 11.2 Å². The number of pyridine rings is 3. The first-order valence-electron chi connectivity index (χ1n) is 11.6. The fourth-order valence-corrected chi connectivity index (χ4v) is 11.9. The van der Waals surface area contributed by atoms with Gasteiger partial charge in [0.1, 0.15) is 0 Å². The summed E-state index contributed by atoms with van der Waals surface area (Å²) in [5.74, 6) is -0.770. The minimum atomic E-state index is -1.97. The molecule has 0 unspecified atom stereocenters. The molecule has 1 aliphatic heterocycles. The number of aliphatic carboxylic acids is 1. The zero-order chi connectivity index (χ0) is 22.6. The number of benzene rings is 1. The third kappa shape index (κ3) is 4.90. The predicted molar refractivity (Wildman–Crippen MR) is 123 cm³/mol. The summed E-state index contributed by atoms with van der Waals surface area (Å²) >= 11 is -1.97. The second kappa shape index (κ2) is 10.2. The van der Waals surface area contributed by atoms with Gasteiger partial charge in [0.2, 0.25) is 0 Å². The van der Waals surface area contributed by atoms with Crippen molar-refractivity contribution in [2.24, 2.45) is 0 Å². The Labute approximate surface area is 202 Å². The van der Waals surface area contributed by atoms with Crippen molar-refractivity contribution in [3.63, 3.8) is 0 Å². The van der Waals surface area contributed by atoms with E-state index < -0.39 is 28.6 Å². The molecule has 0 atom stereocenters. The van der Waals surface area contributed by atoms with Crippen LogP contribution in [-0.4, -0.2) is 22.1 Å². The van der Waals surface area contributed by atoms with Gasteiger partial charge in [-0.25, -0.2) is 0 Å². The number of nitrogens with zero attached hydrogens (tertiary/aromatic N) is 3. The van der Waals surface area contributed by atoms with Gasteiger partial charge in [0.05, 0.1) is 0 Å². The van der Waals surface area contributed by atoms with Gasteiger partial charge >= 0.3 is 146 Å². The Balaban J connectivity index is 0.000000177. The Kier molecular flexibility index (Phi) is 6.89. The van der Waals surface area contributed by atoms with Gasteiger partial charge in [-0.05, 0) is 18.1 Å². The van der Waals surface area contributed by atoms with Crippen LogP contribution in [0.3, 0.4) is 0 Å². The molecule has 2 N–H and O–H groups in total. The number of carboxylic acid groups (broad SMARTS) is 1. The Hall–Kier alpha value is -2.50. The van der Waals surface area contributed by atoms with Gasteiger partial charge in [0, 0.05) is 18.8 Å². The maximum atomic E-state index is 10.2. The maximum absolute atomic E-state index is 10.2. The van der Waals surface area contributed by atoms with Crippen LogP contribution in [0.1, 0.15) is 44.1 Å². The van der Waals surface area contributed by atoms with E-state index in [1.807, 2.05) is 6.07 Å². The molecule has 4 heterocycles. The normalized spacial score (nSPS) is 16.2. The molecular formula is C26H29AtN4O2+2. The number of carboxylic acids is 1. The first kappa shape index (κ1) is 22.3. The quantitative estimate of drug-likeness (QED) is 0.328. The first-order chi connectivity index (χ1) is 16.2. The molecular weight excluding hydrogens is 610 g/mol. The standard InChI is InChI=1S/C18H20AtN3.C8H9NO2/c1-2-8-16(9-3-1)20-19-21-12-4-6-14-10-11-15-7-5-13-22(19)18(15)17(14)21;10-8(11)4-3-7-2-1-5-9-6-7/h4-7,10-13,16,20H,1-3,8-9H2;1-2,5-6H,3-4H2,(H,10,11)/q+2;. The summed E-state index contributed by atoms with van der Waals surface area (Å²) in [6.45, 7) is 0. The second-order valence-corrected chi connectivity index (χ2v) is 14.1. The molecule has 4 aromatic rings. The zero-order valence-electron chi connectivity index (χ0n) is 18.5. The van der Waals surface area contributed by atoms with Crippen molar-refractivity contribution in [1.29, 1.82) is 0 Å². The Morgan fingerprint density at radius 2 is 1.64 bits per heavy atom. The second-order valence-electron chi connectivity index (χ2n) is 8.52. The van der Waals surface area contributed by atoms with Crippen molar-refractivity contribution in [3.8, 4) is 0 Å². The van der Waals surface area contributed by atoms with Gasteiger partial charge < -0.3 is 5.11 Å². The molecule has 0 spiro atoms. The molecule has 33 heavy (non-hydrogen) atoms. The number of rotatable bonds is 5. The molecule has 3 aromatic heterocycles. The molecule has 2 aliphatic rings. The Morgan fingerprint density at radius 1 is 0.970 bits per heavy atom. The summed E-state index contributed by atoms with van der Waals surface area (Å²) in [6.07, 6.45) is 15.6. The topological polar surface area (TPSA) is 70.0 Å². The van der Waals surface area contributed by atoms with Crippen LogP contribution in [0.15, 0.2) is 73.3 Å². The molecule has 6 nitrogen and oxygen atoms in total. The molecule has 1 aliphatic carbocycles. The molecule has 0 saturated heterocycles. The number of aryl methyl sites for hydroxylation is 1. The summed E-state index contributed by atoms with van der Waals surface area (Å²) in [6, 6.07) is 17.8. The summed E-state index contributed by atoms with van der Waals surface area (Å²) in [5, 5.41) is 11.1. The van der Waals surface area contributed by atoms with E-state index in [4.69, 9.17) is 5.11 Å². The third-order valence-electron chi connectivity index (χ3n) is 6.18. The number of hydrogen-bond acceptors (Lipinski definition) is 3. The zero-order valence-corrected chi connectivity index (χ0v) is 21.5. The first-order valence-corrected chi connectivity index (χ1v) is 15.7. The van der Waals surface area contributed by atoms with Crippen LogP contribution >= 0.6 is 0 Å². The number of nitrogens with one attached hydrogen (secondary N) is 1. The van der Waals surface area contributed by atoms with Crippen LogP contribution in [0.5, 0.6) is 0 Å². The van der Waals surface area contributed by atoms with Crippen LogP contribution < -0.4 is 8.28 Å². The molecule has 0 amide bonds. The van der Waals surface area contributed by atoms with E-state index in [0.29, 0.717) is 6.42 Å². The van der Waals surface area contributed by atoms with Gasteiger partial charge in [-0.1, -0.05) is 6.07 Å². The number of hydrogen-bond donors (Lipinski definition) is 2. The van der Waals surface area contributed by atoms with Crippen LogP contribution in [0.2, 0.25) is 0 Å². The average Bonchev–Trinajstić information content (AvgIpc) is 3.18. The molecule has 1 aromatic carbocycles. The SMILES string of the molecule is O=C(O)CCc1cccnc1.c1cc2ccc3ccc[n+]4c3c2[n+](c1)[At]4NC1CCCCC1. The van der Waals surface area contributed by atoms with E-state index in [0.717, 1.165) is 11.6 Å². The van der Waals surface area contributed by atoms with Crippen LogP contribution in [0.4, 0.5) is 0 Å². The van der Waals surface area contributed by atoms with E-state index in [2.05, 4.69) is 62.1 Å². The number of aromatic nitrogens is 3. The van der Waals surface area contributed by atoms with E-state index in [1.165, 1.54) is 53.9 Å².